The van der Waals surface area contributed by atoms with Crippen molar-refractivity contribution in [2.75, 3.05) is 6.54 Å². The molecule has 0 aromatic heterocycles. The second kappa shape index (κ2) is 7.46. The maximum absolute atomic E-state index is 11.1. The molecule has 1 amide bonds. The molecule has 0 aliphatic heterocycles. The number of hydrogen-bond donors (Lipinski definition) is 1. The van der Waals surface area contributed by atoms with Gasteiger partial charge in [0.05, 0.1) is 6.26 Å². The molecule has 0 bridgehead atoms. The molecule has 0 heterocycles. The lowest BCUT2D eigenvalue weighted by Crippen LogP contribution is -2.22. The molecule has 2 aromatic rings. The van der Waals surface area contributed by atoms with Gasteiger partial charge in [-0.15, -0.1) is 6.58 Å². The Balaban J connectivity index is 2.50. The van der Waals surface area contributed by atoms with Crippen LogP contribution in [-0.2, 0) is 17.6 Å². The van der Waals surface area contributed by atoms with Crippen LogP contribution in [0.5, 0.6) is 5.75 Å². The van der Waals surface area contributed by atoms with Crippen molar-refractivity contribution in [1.82, 2.24) is 5.32 Å². The Hall–Kier alpha value is -2.55. The highest BCUT2D eigenvalue weighted by Crippen LogP contribution is 2.31. The maximum atomic E-state index is 11.1. The SMILES string of the molecule is C=CCc1c(OC=C)ccc2cccc(CCNC(C)=O)c12. The third kappa shape index (κ3) is 3.55. The van der Waals surface area contributed by atoms with E-state index in [0.29, 0.717) is 6.54 Å². The average Bonchev–Trinajstić information content (AvgIpc) is 2.49. The third-order valence-electron chi connectivity index (χ3n) is 3.52. The number of benzene rings is 2. The zero-order valence-corrected chi connectivity index (χ0v) is 12.9. The Kier molecular flexibility index (Phi) is 5.37. The number of nitrogens with one attached hydrogen (secondary N) is 1. The summed E-state index contributed by atoms with van der Waals surface area (Å²) in [7, 11) is 0. The summed E-state index contributed by atoms with van der Waals surface area (Å²) in [5.41, 5.74) is 2.29. The van der Waals surface area contributed by atoms with Crippen molar-refractivity contribution >= 4 is 16.7 Å². The number of ether oxygens (including phenoxy) is 1. The first-order chi connectivity index (χ1) is 10.7. The first-order valence-corrected chi connectivity index (χ1v) is 7.33. The molecule has 0 unspecified atom stereocenters. The molecule has 0 fully saturated rings. The fourth-order valence-electron chi connectivity index (χ4n) is 2.64. The van der Waals surface area contributed by atoms with Crippen molar-refractivity contribution in [3.05, 3.63) is 67.0 Å². The molecule has 114 valence electrons. The van der Waals surface area contributed by atoms with Gasteiger partial charge in [-0.2, -0.15) is 0 Å². The zero-order valence-electron chi connectivity index (χ0n) is 12.9. The normalized spacial score (nSPS) is 10.2. The highest BCUT2D eigenvalue weighted by atomic mass is 16.5. The molecule has 0 atom stereocenters. The van der Waals surface area contributed by atoms with Crippen LogP contribution in [0.1, 0.15) is 18.1 Å². The van der Waals surface area contributed by atoms with Gasteiger partial charge in [-0.05, 0) is 35.2 Å². The molecule has 22 heavy (non-hydrogen) atoms. The van der Waals surface area contributed by atoms with Crippen LogP contribution in [0.3, 0.4) is 0 Å². The molecule has 3 heteroatoms. The first kappa shape index (κ1) is 15.8. The van der Waals surface area contributed by atoms with Crippen molar-refractivity contribution < 1.29 is 9.53 Å². The molecule has 2 rings (SSSR count). The summed E-state index contributed by atoms with van der Waals surface area (Å²) in [5.74, 6) is 0.789. The number of carbonyl (C=O) groups excluding carboxylic acids is 1. The van der Waals surface area contributed by atoms with Gasteiger partial charge < -0.3 is 10.1 Å². The summed E-state index contributed by atoms with van der Waals surface area (Å²) in [6.07, 6.45) is 4.80. The quantitative estimate of drug-likeness (QED) is 0.624. The molecule has 0 saturated heterocycles. The number of amides is 1. The fraction of sp³-hybridized carbons (Fsp3) is 0.211. The summed E-state index contributed by atoms with van der Waals surface area (Å²) in [4.78, 5) is 11.1. The average molecular weight is 295 g/mol. The van der Waals surface area contributed by atoms with Gasteiger partial charge in [0.15, 0.2) is 0 Å². The number of allylic oxidation sites excluding steroid dienone is 1. The Bertz CT molecular complexity index is 704. The lowest BCUT2D eigenvalue weighted by Gasteiger charge is -2.14. The Morgan fingerprint density at radius 2 is 2.09 bits per heavy atom. The fourth-order valence-corrected chi connectivity index (χ4v) is 2.64. The van der Waals surface area contributed by atoms with E-state index < -0.39 is 0 Å². The number of rotatable bonds is 7. The molecule has 3 nitrogen and oxygen atoms in total. The molecule has 0 radical (unpaired) electrons. The van der Waals surface area contributed by atoms with Crippen LogP contribution < -0.4 is 10.1 Å². The van der Waals surface area contributed by atoms with E-state index in [1.165, 1.54) is 24.1 Å². The monoisotopic (exact) mass is 295 g/mol. The van der Waals surface area contributed by atoms with Crippen LogP contribution in [0.25, 0.3) is 10.8 Å². The third-order valence-corrected chi connectivity index (χ3v) is 3.52. The minimum atomic E-state index is -0.0118. The van der Waals surface area contributed by atoms with E-state index in [9.17, 15) is 4.79 Å². The largest absolute Gasteiger partial charge is 0.465 e. The van der Waals surface area contributed by atoms with Crippen molar-refractivity contribution in [3.63, 3.8) is 0 Å². The van der Waals surface area contributed by atoms with E-state index in [1.807, 2.05) is 24.3 Å². The summed E-state index contributed by atoms with van der Waals surface area (Å²) >= 11 is 0. The molecule has 0 spiro atoms. The van der Waals surface area contributed by atoms with Crippen LogP contribution in [0.2, 0.25) is 0 Å². The summed E-state index contributed by atoms with van der Waals surface area (Å²) in [5, 5.41) is 5.18. The minimum absolute atomic E-state index is 0.0118. The van der Waals surface area contributed by atoms with Crippen molar-refractivity contribution in [1.29, 1.82) is 0 Å². The summed E-state index contributed by atoms with van der Waals surface area (Å²) in [6, 6.07) is 10.2. The van der Waals surface area contributed by atoms with Gasteiger partial charge in [0.25, 0.3) is 0 Å². The predicted octanol–water partition coefficient (Wildman–Crippen LogP) is 3.77. The maximum Gasteiger partial charge on any atom is 0.216 e. The van der Waals surface area contributed by atoms with Gasteiger partial charge in [0.2, 0.25) is 5.91 Å². The number of carbonyl (C=O) groups is 1. The van der Waals surface area contributed by atoms with Crippen LogP contribution in [0, 0.1) is 0 Å². The predicted molar refractivity (Wildman–Crippen MR) is 91.1 cm³/mol. The smallest absolute Gasteiger partial charge is 0.216 e. The van der Waals surface area contributed by atoms with Crippen molar-refractivity contribution in [3.8, 4) is 5.75 Å². The Morgan fingerprint density at radius 1 is 1.27 bits per heavy atom. The van der Waals surface area contributed by atoms with Crippen LogP contribution in [0.15, 0.2) is 55.8 Å². The van der Waals surface area contributed by atoms with Crippen LogP contribution in [-0.4, -0.2) is 12.5 Å². The molecule has 0 aliphatic rings. The highest BCUT2D eigenvalue weighted by molar-refractivity contribution is 5.91. The van der Waals surface area contributed by atoms with Gasteiger partial charge in [-0.1, -0.05) is 36.9 Å². The zero-order chi connectivity index (χ0) is 15.9. The van der Waals surface area contributed by atoms with E-state index in [4.69, 9.17) is 4.74 Å². The first-order valence-electron chi connectivity index (χ1n) is 7.33. The number of hydrogen-bond acceptors (Lipinski definition) is 2. The van der Waals surface area contributed by atoms with E-state index in [0.717, 1.165) is 29.5 Å². The van der Waals surface area contributed by atoms with E-state index in [-0.39, 0.29) is 5.91 Å². The van der Waals surface area contributed by atoms with Crippen molar-refractivity contribution in [2.45, 2.75) is 19.8 Å². The van der Waals surface area contributed by atoms with Gasteiger partial charge >= 0.3 is 0 Å². The molecule has 1 N–H and O–H groups in total. The summed E-state index contributed by atoms with van der Waals surface area (Å²) < 4.78 is 5.54. The van der Waals surface area contributed by atoms with Gasteiger partial charge in [0.1, 0.15) is 5.75 Å². The second-order valence-electron chi connectivity index (χ2n) is 5.07. The molecular weight excluding hydrogens is 274 g/mol. The van der Waals surface area contributed by atoms with Gasteiger partial charge in [0, 0.05) is 19.0 Å². The topological polar surface area (TPSA) is 38.3 Å². The summed E-state index contributed by atoms with van der Waals surface area (Å²) in [6.45, 7) is 9.62. The molecule has 0 saturated carbocycles. The van der Waals surface area contributed by atoms with E-state index >= 15 is 0 Å². The highest BCUT2D eigenvalue weighted by Gasteiger charge is 2.11. The van der Waals surface area contributed by atoms with Gasteiger partial charge in [-0.25, -0.2) is 0 Å². The van der Waals surface area contributed by atoms with E-state index in [1.54, 1.807) is 0 Å². The second-order valence-corrected chi connectivity index (χ2v) is 5.07. The lowest BCUT2D eigenvalue weighted by atomic mass is 9.95. The Labute approximate surface area is 131 Å². The Morgan fingerprint density at radius 3 is 2.77 bits per heavy atom. The molecule has 2 aromatic carbocycles. The molecular formula is C19H21NO2. The minimum Gasteiger partial charge on any atom is -0.465 e. The lowest BCUT2D eigenvalue weighted by molar-refractivity contribution is -0.118. The van der Waals surface area contributed by atoms with Crippen LogP contribution in [0.4, 0.5) is 0 Å². The van der Waals surface area contributed by atoms with Crippen molar-refractivity contribution in [2.24, 2.45) is 0 Å². The van der Waals surface area contributed by atoms with Gasteiger partial charge in [-0.3, -0.25) is 4.79 Å². The van der Waals surface area contributed by atoms with E-state index in [2.05, 4.69) is 30.6 Å². The standard InChI is InChI=1S/C19H21NO2/c1-4-7-17-18(22-5-2)11-10-15-8-6-9-16(19(15)17)12-13-20-14(3)21/h4-6,8-11H,1-2,7,12-13H2,3H3,(H,20,21). The number of fused-ring (bicyclic) bond motifs is 1. The van der Waals surface area contributed by atoms with Crippen LogP contribution >= 0.6 is 0 Å². The molecule has 0 aliphatic carbocycles.